The molecular weight excluding hydrogens is 285 g/mol. The molecule has 0 aliphatic rings. The van der Waals surface area contributed by atoms with E-state index in [0.29, 0.717) is 0 Å². The molecule has 0 aromatic carbocycles. The van der Waals surface area contributed by atoms with E-state index in [1.54, 1.807) is 10.3 Å². The minimum Gasteiger partial charge on any atom is -0.204 e. The summed E-state index contributed by atoms with van der Waals surface area (Å²) in [5, 5.41) is 12.9. The number of rotatable bonds is 2. The van der Waals surface area contributed by atoms with Gasteiger partial charge in [-0.15, -0.1) is 0 Å². The van der Waals surface area contributed by atoms with E-state index in [0.717, 1.165) is 5.56 Å². The molecule has 5 heteroatoms. The van der Waals surface area contributed by atoms with Crippen molar-refractivity contribution >= 4 is 30.3 Å². The maximum Gasteiger partial charge on any atom is 0.0797 e. The highest BCUT2D eigenvalue weighted by molar-refractivity contribution is 14.2. The van der Waals surface area contributed by atoms with Crippen LogP contribution in [0.4, 0.5) is 0 Å². The monoisotopic (exact) mass is 293 g/mol. The van der Waals surface area contributed by atoms with E-state index in [2.05, 4.69) is 32.4 Å². The molecule has 0 saturated carbocycles. The second-order valence-corrected chi connectivity index (χ2v) is 4.63. The Kier molecular flexibility index (Phi) is 3.01. The second-order valence-electron chi connectivity index (χ2n) is 2.94. The van der Waals surface area contributed by atoms with Crippen molar-refractivity contribution in [3.05, 3.63) is 18.0 Å². The molecule has 12 heavy (non-hydrogen) atoms. The van der Waals surface area contributed by atoms with Crippen LogP contribution in [0.2, 0.25) is 0 Å². The van der Waals surface area contributed by atoms with Crippen LogP contribution in [0.15, 0.2) is 12.4 Å². The second kappa shape index (κ2) is 3.66. The smallest absolute Gasteiger partial charge is 0.0797 e. The zero-order chi connectivity index (χ0) is 9.19. The van der Waals surface area contributed by atoms with Gasteiger partial charge in [0.25, 0.3) is 0 Å². The molecule has 0 radical (unpaired) electrons. The van der Waals surface area contributed by atoms with E-state index >= 15 is 0 Å². The normalized spacial score (nSPS) is 11.2. The maximum atomic E-state index is 8.83. The lowest BCUT2D eigenvalue weighted by molar-refractivity contribution is 0.687. The lowest BCUT2D eigenvalue weighted by Gasteiger charge is -2.10. The number of aromatic nitrogens is 2. The van der Waals surface area contributed by atoms with Gasteiger partial charge in [-0.3, -0.25) is 0 Å². The van der Waals surface area contributed by atoms with Crippen molar-refractivity contribution < 1.29 is 0 Å². The molecular formula is C7H8IN3S. The fourth-order valence-electron chi connectivity index (χ4n) is 0.730. The first-order chi connectivity index (χ1) is 5.60. The third-order valence-electron chi connectivity index (χ3n) is 1.63. The Morgan fingerprint density at radius 3 is 2.83 bits per heavy atom. The van der Waals surface area contributed by atoms with Crippen molar-refractivity contribution in [2.24, 2.45) is 0 Å². The fourth-order valence-corrected chi connectivity index (χ4v) is 1.61. The molecule has 1 heterocycles. The van der Waals surface area contributed by atoms with Gasteiger partial charge in [-0.1, -0.05) is 0 Å². The van der Waals surface area contributed by atoms with Crippen LogP contribution in [-0.2, 0) is 5.41 Å². The van der Waals surface area contributed by atoms with Crippen LogP contribution >= 0.6 is 30.3 Å². The molecule has 0 fully saturated rings. The Bertz CT molecular complexity index is 313. The predicted molar refractivity (Wildman–Crippen MR) is 57.9 cm³/mol. The number of hydrogen-bond acceptors (Lipinski definition) is 3. The molecule has 1 rings (SSSR count). The molecule has 0 saturated heterocycles. The largest absolute Gasteiger partial charge is 0.204 e. The Labute approximate surface area is 87.9 Å². The van der Waals surface area contributed by atoms with Crippen molar-refractivity contribution in [2.75, 3.05) is 0 Å². The maximum absolute atomic E-state index is 8.83. The molecule has 3 nitrogen and oxygen atoms in total. The summed E-state index contributed by atoms with van der Waals surface area (Å²) >= 11 is 2.14. The van der Waals surface area contributed by atoms with Gasteiger partial charge in [0.05, 0.1) is 17.7 Å². The van der Waals surface area contributed by atoms with Gasteiger partial charge in [0.2, 0.25) is 0 Å². The van der Waals surface area contributed by atoms with Crippen molar-refractivity contribution in [1.29, 1.82) is 5.26 Å². The molecule has 64 valence electrons. The quantitative estimate of drug-likeness (QED) is 0.787. The first kappa shape index (κ1) is 9.86. The molecule has 1 aromatic rings. The Morgan fingerprint density at radius 1 is 1.75 bits per heavy atom. The Hall–Kier alpha value is -0.220. The Balaban J connectivity index is 2.98. The van der Waals surface area contributed by atoms with E-state index in [1.165, 1.54) is 9.12 Å². The van der Waals surface area contributed by atoms with Gasteiger partial charge in [0.1, 0.15) is 0 Å². The fraction of sp³-hybridized carbons (Fsp3) is 0.429. The summed E-state index contributed by atoms with van der Waals surface area (Å²) in [4.78, 5) is 0. The van der Waals surface area contributed by atoms with Crippen LogP contribution < -0.4 is 0 Å². The summed E-state index contributed by atoms with van der Waals surface area (Å²) in [5.74, 6) is 0. The van der Waals surface area contributed by atoms with Crippen LogP contribution in [0.25, 0.3) is 0 Å². The van der Waals surface area contributed by atoms with Gasteiger partial charge in [-0.05, 0) is 13.8 Å². The van der Waals surface area contributed by atoms with E-state index in [-0.39, 0.29) is 0 Å². The van der Waals surface area contributed by atoms with Gasteiger partial charge in [-0.25, -0.2) is 4.09 Å². The average Bonchev–Trinajstić information content (AvgIpc) is 2.52. The van der Waals surface area contributed by atoms with Crippen LogP contribution in [0.5, 0.6) is 0 Å². The molecule has 0 aliphatic heterocycles. The summed E-state index contributed by atoms with van der Waals surface area (Å²) in [6.45, 7) is 3.76. The van der Waals surface area contributed by atoms with Crippen molar-refractivity contribution in [3.8, 4) is 6.07 Å². The predicted octanol–water partition coefficient (Wildman–Crippen LogP) is 2.53. The molecule has 0 unspecified atom stereocenters. The highest BCUT2D eigenvalue weighted by Gasteiger charge is 2.21. The topological polar surface area (TPSA) is 41.6 Å². The van der Waals surface area contributed by atoms with Gasteiger partial charge < -0.3 is 0 Å². The van der Waals surface area contributed by atoms with E-state index in [1.807, 2.05) is 20.0 Å². The van der Waals surface area contributed by atoms with Crippen molar-refractivity contribution in [3.63, 3.8) is 0 Å². The van der Waals surface area contributed by atoms with E-state index in [4.69, 9.17) is 5.26 Å². The van der Waals surface area contributed by atoms with Crippen molar-refractivity contribution in [1.82, 2.24) is 9.19 Å². The zero-order valence-electron chi connectivity index (χ0n) is 6.78. The number of nitrogens with zero attached hydrogens (tertiary/aromatic N) is 3. The van der Waals surface area contributed by atoms with Crippen LogP contribution in [0.1, 0.15) is 19.4 Å². The molecule has 0 spiro atoms. The minimum absolute atomic E-state index is 0.440. The lowest BCUT2D eigenvalue weighted by atomic mass is 9.89. The third-order valence-corrected chi connectivity index (χ3v) is 3.18. The summed E-state index contributed by atoms with van der Waals surface area (Å²) in [6, 6.07) is 2.23. The number of halogens is 1. The third kappa shape index (κ3) is 1.93. The number of nitriles is 1. The van der Waals surface area contributed by atoms with Crippen LogP contribution in [-0.4, -0.2) is 9.19 Å². The summed E-state index contributed by atoms with van der Waals surface area (Å²) in [5.41, 5.74) is 0.513. The van der Waals surface area contributed by atoms with Crippen LogP contribution in [0.3, 0.4) is 0 Å². The van der Waals surface area contributed by atoms with Gasteiger partial charge >= 0.3 is 0 Å². The first-order valence-corrected chi connectivity index (χ1v) is 6.67. The Morgan fingerprint density at radius 2 is 2.42 bits per heavy atom. The molecule has 0 N–H and O–H groups in total. The highest BCUT2D eigenvalue weighted by Crippen LogP contribution is 2.23. The van der Waals surface area contributed by atoms with Gasteiger partial charge in [-0.2, -0.15) is 10.4 Å². The first-order valence-electron chi connectivity index (χ1n) is 3.35. The number of hydrogen-bond donors (Lipinski definition) is 0. The zero-order valence-corrected chi connectivity index (χ0v) is 9.76. The van der Waals surface area contributed by atoms with Crippen molar-refractivity contribution in [2.45, 2.75) is 19.3 Å². The highest BCUT2D eigenvalue weighted by atomic mass is 127. The minimum atomic E-state index is -0.440. The van der Waals surface area contributed by atoms with Gasteiger partial charge in [0, 0.05) is 42.1 Å². The summed E-state index contributed by atoms with van der Waals surface area (Å²) in [7, 11) is 1.48. The lowest BCUT2D eigenvalue weighted by Crippen LogP contribution is -2.12. The van der Waals surface area contributed by atoms with Crippen LogP contribution in [0, 0.1) is 11.3 Å². The summed E-state index contributed by atoms with van der Waals surface area (Å²) in [6.07, 6.45) is 3.61. The standard InChI is InChI=1S/C7H8IN3S/c1-7(2,5-9)6-3-10-11(4-6)12-8/h3-4H,1-2H3. The molecule has 0 amide bonds. The van der Waals surface area contributed by atoms with Gasteiger partial charge in [0.15, 0.2) is 0 Å². The molecule has 0 atom stereocenters. The average molecular weight is 293 g/mol. The van der Waals surface area contributed by atoms with E-state index in [9.17, 15) is 0 Å². The summed E-state index contributed by atoms with van der Waals surface area (Å²) < 4.78 is 1.73. The van der Waals surface area contributed by atoms with E-state index < -0.39 is 5.41 Å². The SMILES string of the molecule is CC(C)(C#N)c1cnn(SI)c1. The molecule has 0 aliphatic carbocycles. The molecule has 0 bridgehead atoms. The molecule has 1 aromatic heterocycles.